The van der Waals surface area contributed by atoms with Gasteiger partial charge in [0.25, 0.3) is 0 Å². The highest BCUT2D eigenvalue weighted by molar-refractivity contribution is 5.73. The number of para-hydroxylation sites is 1. The molecular formula is C18H26N2O2. The predicted octanol–water partition coefficient (Wildman–Crippen LogP) is 2.62. The van der Waals surface area contributed by atoms with Gasteiger partial charge in [-0.05, 0) is 56.3 Å². The molecule has 22 heavy (non-hydrogen) atoms. The molecule has 0 spiro atoms. The minimum atomic E-state index is -0.672. The molecular weight excluding hydrogens is 276 g/mol. The van der Waals surface area contributed by atoms with Crippen molar-refractivity contribution >= 4 is 11.7 Å². The first-order valence-electron chi connectivity index (χ1n) is 8.48. The lowest BCUT2D eigenvalue weighted by molar-refractivity contribution is -0.144. The minimum absolute atomic E-state index is 0.298. The SMILES string of the molecule is CC[C@H](C(=O)O)N1CCC(CN2CCc3ccccc32)CC1. The average molecular weight is 302 g/mol. The Hall–Kier alpha value is -1.55. The fourth-order valence-corrected chi connectivity index (χ4v) is 3.94. The first-order valence-corrected chi connectivity index (χ1v) is 8.48. The number of nitrogens with zero attached hydrogens (tertiary/aromatic N) is 2. The summed E-state index contributed by atoms with van der Waals surface area (Å²) >= 11 is 0. The van der Waals surface area contributed by atoms with E-state index in [9.17, 15) is 9.90 Å². The van der Waals surface area contributed by atoms with E-state index in [1.54, 1.807) is 0 Å². The number of piperidine rings is 1. The Balaban J connectivity index is 1.54. The van der Waals surface area contributed by atoms with Crippen molar-refractivity contribution in [1.82, 2.24) is 4.90 Å². The predicted molar refractivity (Wildman–Crippen MR) is 88.4 cm³/mol. The molecule has 1 N–H and O–H groups in total. The van der Waals surface area contributed by atoms with Gasteiger partial charge in [0.05, 0.1) is 0 Å². The van der Waals surface area contributed by atoms with Crippen LogP contribution in [0.4, 0.5) is 5.69 Å². The number of fused-ring (bicyclic) bond motifs is 1. The standard InChI is InChI=1S/C18H26N2O2/c1-2-16(18(21)22)19-10-7-14(8-11-19)13-20-12-9-15-5-3-4-6-17(15)20/h3-6,14,16H,2,7-13H2,1H3,(H,21,22)/t16-/m1/s1. The number of carboxylic acid groups (broad SMARTS) is 1. The summed E-state index contributed by atoms with van der Waals surface area (Å²) in [5.41, 5.74) is 2.87. The Morgan fingerprint density at radius 2 is 2.00 bits per heavy atom. The third-order valence-corrected chi connectivity index (χ3v) is 5.22. The van der Waals surface area contributed by atoms with E-state index in [0.29, 0.717) is 12.3 Å². The molecule has 1 atom stereocenters. The van der Waals surface area contributed by atoms with Crippen LogP contribution >= 0.6 is 0 Å². The molecule has 0 radical (unpaired) electrons. The normalized spacial score (nSPS) is 20.9. The van der Waals surface area contributed by atoms with Gasteiger partial charge in [-0.25, -0.2) is 0 Å². The maximum atomic E-state index is 11.3. The molecule has 2 aliphatic heterocycles. The highest BCUT2D eigenvalue weighted by Gasteiger charge is 2.30. The minimum Gasteiger partial charge on any atom is -0.480 e. The van der Waals surface area contributed by atoms with Gasteiger partial charge in [-0.2, -0.15) is 0 Å². The van der Waals surface area contributed by atoms with Crippen LogP contribution < -0.4 is 4.90 Å². The maximum Gasteiger partial charge on any atom is 0.320 e. The van der Waals surface area contributed by atoms with Gasteiger partial charge in [-0.1, -0.05) is 25.1 Å². The zero-order valence-corrected chi connectivity index (χ0v) is 13.4. The van der Waals surface area contributed by atoms with Crippen LogP contribution in [0.2, 0.25) is 0 Å². The zero-order valence-electron chi connectivity index (χ0n) is 13.4. The van der Waals surface area contributed by atoms with E-state index in [2.05, 4.69) is 34.1 Å². The summed E-state index contributed by atoms with van der Waals surface area (Å²) in [6.07, 6.45) is 4.08. The monoisotopic (exact) mass is 302 g/mol. The largest absolute Gasteiger partial charge is 0.480 e. The van der Waals surface area contributed by atoms with E-state index >= 15 is 0 Å². The number of anilines is 1. The van der Waals surface area contributed by atoms with Crippen LogP contribution in [0.3, 0.4) is 0 Å². The molecule has 2 heterocycles. The van der Waals surface area contributed by atoms with Crippen molar-refractivity contribution in [1.29, 1.82) is 0 Å². The molecule has 1 aromatic rings. The van der Waals surface area contributed by atoms with Crippen LogP contribution in [0.15, 0.2) is 24.3 Å². The highest BCUT2D eigenvalue weighted by Crippen LogP contribution is 2.30. The summed E-state index contributed by atoms with van der Waals surface area (Å²) in [6.45, 7) is 6.06. The number of rotatable bonds is 5. The number of hydrogen-bond acceptors (Lipinski definition) is 3. The lowest BCUT2D eigenvalue weighted by Crippen LogP contribution is -2.46. The van der Waals surface area contributed by atoms with Crippen molar-refractivity contribution < 1.29 is 9.90 Å². The van der Waals surface area contributed by atoms with Crippen molar-refractivity contribution in [2.75, 3.05) is 31.1 Å². The summed E-state index contributed by atoms with van der Waals surface area (Å²) in [5, 5.41) is 9.28. The number of hydrogen-bond donors (Lipinski definition) is 1. The smallest absolute Gasteiger partial charge is 0.320 e. The molecule has 4 nitrogen and oxygen atoms in total. The number of benzene rings is 1. The molecule has 0 saturated carbocycles. The van der Waals surface area contributed by atoms with Gasteiger partial charge in [0.1, 0.15) is 6.04 Å². The Labute approximate surface area is 132 Å². The fraction of sp³-hybridized carbons (Fsp3) is 0.611. The molecule has 0 bridgehead atoms. The molecule has 1 aromatic carbocycles. The Bertz CT molecular complexity index is 524. The Morgan fingerprint density at radius 3 is 2.68 bits per heavy atom. The molecule has 3 rings (SSSR count). The van der Waals surface area contributed by atoms with E-state index < -0.39 is 5.97 Å². The summed E-state index contributed by atoms with van der Waals surface area (Å²) in [6, 6.07) is 8.41. The van der Waals surface area contributed by atoms with Crippen LogP contribution in [0.5, 0.6) is 0 Å². The topological polar surface area (TPSA) is 43.8 Å². The van der Waals surface area contributed by atoms with Gasteiger partial charge in [0, 0.05) is 18.8 Å². The third-order valence-electron chi connectivity index (χ3n) is 5.22. The number of carboxylic acids is 1. The van der Waals surface area contributed by atoms with Gasteiger partial charge in [0.15, 0.2) is 0 Å². The van der Waals surface area contributed by atoms with Crippen LogP contribution in [0, 0.1) is 5.92 Å². The fourth-order valence-electron chi connectivity index (χ4n) is 3.94. The van der Waals surface area contributed by atoms with E-state index in [0.717, 1.165) is 45.4 Å². The van der Waals surface area contributed by atoms with E-state index in [1.165, 1.54) is 11.3 Å². The van der Waals surface area contributed by atoms with E-state index in [4.69, 9.17) is 0 Å². The van der Waals surface area contributed by atoms with E-state index in [1.807, 2.05) is 6.92 Å². The number of carbonyl (C=O) groups is 1. The van der Waals surface area contributed by atoms with E-state index in [-0.39, 0.29) is 6.04 Å². The number of aliphatic carboxylic acids is 1. The molecule has 120 valence electrons. The van der Waals surface area contributed by atoms with Crippen LogP contribution in [-0.4, -0.2) is 48.2 Å². The lowest BCUT2D eigenvalue weighted by atomic mass is 9.94. The van der Waals surface area contributed by atoms with Gasteiger partial charge >= 0.3 is 5.97 Å². The van der Waals surface area contributed by atoms with Crippen molar-refractivity contribution in [2.24, 2.45) is 5.92 Å². The second kappa shape index (κ2) is 6.69. The van der Waals surface area contributed by atoms with Gasteiger partial charge < -0.3 is 10.0 Å². The van der Waals surface area contributed by atoms with Crippen molar-refractivity contribution in [3.63, 3.8) is 0 Å². The second-order valence-corrected chi connectivity index (χ2v) is 6.57. The molecule has 1 fully saturated rings. The molecule has 0 aliphatic carbocycles. The van der Waals surface area contributed by atoms with Gasteiger partial charge in [-0.15, -0.1) is 0 Å². The first-order chi connectivity index (χ1) is 10.7. The summed E-state index contributed by atoms with van der Waals surface area (Å²) in [7, 11) is 0. The molecule has 1 saturated heterocycles. The van der Waals surface area contributed by atoms with Crippen molar-refractivity contribution in [2.45, 2.75) is 38.6 Å². The van der Waals surface area contributed by atoms with Gasteiger partial charge in [0.2, 0.25) is 0 Å². The summed E-state index contributed by atoms with van der Waals surface area (Å²) in [4.78, 5) is 15.9. The molecule has 0 unspecified atom stereocenters. The second-order valence-electron chi connectivity index (χ2n) is 6.57. The molecule has 2 aliphatic rings. The van der Waals surface area contributed by atoms with Gasteiger partial charge in [-0.3, -0.25) is 9.69 Å². The first kappa shape index (κ1) is 15.3. The van der Waals surface area contributed by atoms with Crippen LogP contribution in [-0.2, 0) is 11.2 Å². The highest BCUT2D eigenvalue weighted by atomic mass is 16.4. The Morgan fingerprint density at radius 1 is 1.27 bits per heavy atom. The van der Waals surface area contributed by atoms with Crippen LogP contribution in [0.25, 0.3) is 0 Å². The zero-order chi connectivity index (χ0) is 15.5. The summed E-state index contributed by atoms with van der Waals surface area (Å²) in [5.74, 6) is 0.0168. The average Bonchev–Trinajstić information content (AvgIpc) is 2.93. The Kier molecular flexibility index (Phi) is 4.67. The quantitative estimate of drug-likeness (QED) is 0.908. The summed E-state index contributed by atoms with van der Waals surface area (Å²) < 4.78 is 0. The van der Waals surface area contributed by atoms with Crippen molar-refractivity contribution in [3.05, 3.63) is 29.8 Å². The lowest BCUT2D eigenvalue weighted by Gasteiger charge is -2.37. The molecule has 0 aromatic heterocycles. The van der Waals surface area contributed by atoms with Crippen LogP contribution in [0.1, 0.15) is 31.7 Å². The number of likely N-dealkylation sites (tertiary alicyclic amines) is 1. The maximum absolute atomic E-state index is 11.3. The molecule has 0 amide bonds. The third kappa shape index (κ3) is 3.12. The molecule has 4 heteroatoms. The van der Waals surface area contributed by atoms with Crippen molar-refractivity contribution in [3.8, 4) is 0 Å².